The van der Waals surface area contributed by atoms with Crippen LogP contribution in [-0.2, 0) is 0 Å². The van der Waals surface area contributed by atoms with Gasteiger partial charge in [-0.2, -0.15) is 0 Å². The molecule has 4 aliphatic carbocycles. The van der Waals surface area contributed by atoms with Crippen LogP contribution in [0.2, 0.25) is 0 Å². The number of hydrogen-bond donors (Lipinski definition) is 1. The maximum absolute atomic E-state index is 11.5. The van der Waals surface area contributed by atoms with E-state index in [0.29, 0.717) is 11.8 Å². The molecule has 0 spiro atoms. The van der Waals surface area contributed by atoms with Gasteiger partial charge in [-0.15, -0.1) is 0 Å². The summed E-state index contributed by atoms with van der Waals surface area (Å²) in [6.45, 7) is -0.0844. The quantitative estimate of drug-likeness (QED) is 0.435. The Labute approximate surface area is 93.8 Å². The van der Waals surface area contributed by atoms with E-state index in [1.54, 1.807) is 6.08 Å². The van der Waals surface area contributed by atoms with Crippen molar-refractivity contribution >= 4 is 0 Å². The lowest BCUT2D eigenvalue weighted by molar-refractivity contribution is -0.582. The standard InChI is InChI=1S/C12H15NO3/c14-7-9-6-8-4-5-12(9,13(15)16)11-3-1-2-10(8)11/h1,3-5,8-11,14H,2,6-7H2. The van der Waals surface area contributed by atoms with Crippen LogP contribution < -0.4 is 0 Å². The average molecular weight is 221 g/mol. The van der Waals surface area contributed by atoms with Gasteiger partial charge in [0, 0.05) is 4.92 Å². The third-order valence-corrected chi connectivity index (χ3v) is 4.65. The molecule has 0 amide bonds. The van der Waals surface area contributed by atoms with Crippen molar-refractivity contribution in [3.8, 4) is 0 Å². The SMILES string of the molecule is O=[N+]([O-])C12C=CC(CC1CO)C1CC=CC12. The van der Waals surface area contributed by atoms with Crippen molar-refractivity contribution in [2.75, 3.05) is 6.61 Å². The number of aliphatic hydroxyl groups is 1. The molecule has 0 saturated heterocycles. The van der Waals surface area contributed by atoms with Crippen LogP contribution in [0.15, 0.2) is 24.3 Å². The molecule has 0 aromatic rings. The highest BCUT2D eigenvalue weighted by atomic mass is 16.6. The molecule has 5 atom stereocenters. The molecule has 4 nitrogen and oxygen atoms in total. The van der Waals surface area contributed by atoms with Crippen LogP contribution >= 0.6 is 0 Å². The normalized spacial score (nSPS) is 48.3. The van der Waals surface area contributed by atoms with Crippen molar-refractivity contribution < 1.29 is 10.0 Å². The summed E-state index contributed by atoms with van der Waals surface area (Å²) in [5.74, 6) is 0.571. The number of rotatable bonds is 2. The van der Waals surface area contributed by atoms with E-state index < -0.39 is 5.54 Å². The van der Waals surface area contributed by atoms with E-state index in [9.17, 15) is 15.2 Å². The summed E-state index contributed by atoms with van der Waals surface area (Å²) in [4.78, 5) is 11.3. The van der Waals surface area contributed by atoms with Gasteiger partial charge in [0.2, 0.25) is 0 Å². The second kappa shape index (κ2) is 3.17. The fourth-order valence-electron chi connectivity index (χ4n) is 3.87. The molecule has 4 aliphatic rings. The molecule has 0 aliphatic heterocycles. The smallest absolute Gasteiger partial charge is 0.251 e. The van der Waals surface area contributed by atoms with E-state index in [2.05, 4.69) is 6.08 Å². The first-order chi connectivity index (χ1) is 7.70. The Morgan fingerprint density at radius 2 is 2.31 bits per heavy atom. The third kappa shape index (κ3) is 0.981. The summed E-state index contributed by atoms with van der Waals surface area (Å²) >= 11 is 0. The molecule has 1 saturated carbocycles. The molecule has 4 rings (SSSR count). The van der Waals surface area contributed by atoms with Gasteiger partial charge in [0.15, 0.2) is 0 Å². The highest BCUT2D eigenvalue weighted by molar-refractivity contribution is 5.28. The predicted octanol–water partition coefficient (Wildman–Crippen LogP) is 1.39. The Morgan fingerprint density at radius 3 is 3.00 bits per heavy atom. The Kier molecular flexibility index (Phi) is 1.98. The van der Waals surface area contributed by atoms with Crippen molar-refractivity contribution in [1.82, 2.24) is 0 Å². The number of fused-ring (bicyclic) bond motifs is 1. The van der Waals surface area contributed by atoms with E-state index in [4.69, 9.17) is 0 Å². The minimum Gasteiger partial charge on any atom is -0.396 e. The first-order valence-electron chi connectivity index (χ1n) is 5.81. The zero-order valence-electron chi connectivity index (χ0n) is 8.95. The molecule has 1 fully saturated rings. The summed E-state index contributed by atoms with van der Waals surface area (Å²) in [5.41, 5.74) is -1.04. The van der Waals surface area contributed by atoms with Gasteiger partial charge >= 0.3 is 0 Å². The topological polar surface area (TPSA) is 63.4 Å². The maximum Gasteiger partial charge on any atom is 0.251 e. The van der Waals surface area contributed by atoms with Crippen LogP contribution in [0.3, 0.4) is 0 Å². The lowest BCUT2D eigenvalue weighted by Gasteiger charge is -2.48. The highest BCUT2D eigenvalue weighted by Gasteiger charge is 2.63. The number of allylic oxidation sites excluding steroid dienone is 2. The van der Waals surface area contributed by atoms with Crippen LogP contribution in [0.5, 0.6) is 0 Å². The molecule has 2 bridgehead atoms. The van der Waals surface area contributed by atoms with Gasteiger partial charge < -0.3 is 5.11 Å². The van der Waals surface area contributed by atoms with Crippen molar-refractivity contribution in [3.63, 3.8) is 0 Å². The van der Waals surface area contributed by atoms with Gasteiger partial charge in [-0.25, -0.2) is 0 Å². The maximum atomic E-state index is 11.5. The molecule has 4 heteroatoms. The fraction of sp³-hybridized carbons (Fsp3) is 0.667. The molecule has 16 heavy (non-hydrogen) atoms. The van der Waals surface area contributed by atoms with Crippen molar-refractivity contribution in [2.24, 2.45) is 23.7 Å². The Morgan fingerprint density at radius 1 is 1.50 bits per heavy atom. The second-order valence-corrected chi connectivity index (χ2v) is 5.14. The minimum atomic E-state index is -1.04. The Bertz CT molecular complexity index is 390. The monoisotopic (exact) mass is 221 g/mol. The summed E-state index contributed by atoms with van der Waals surface area (Å²) in [6.07, 6.45) is 9.52. The molecular weight excluding hydrogens is 206 g/mol. The molecule has 0 aromatic carbocycles. The van der Waals surface area contributed by atoms with E-state index >= 15 is 0 Å². The van der Waals surface area contributed by atoms with Crippen LogP contribution in [0.1, 0.15) is 12.8 Å². The molecule has 1 N–H and O–H groups in total. The van der Waals surface area contributed by atoms with Crippen LogP contribution in [-0.4, -0.2) is 22.2 Å². The zero-order valence-corrected chi connectivity index (χ0v) is 8.95. The Balaban J connectivity index is 2.12. The van der Waals surface area contributed by atoms with E-state index in [1.807, 2.05) is 12.2 Å². The molecule has 0 heterocycles. The molecule has 0 radical (unpaired) electrons. The van der Waals surface area contributed by atoms with E-state index in [0.717, 1.165) is 12.8 Å². The van der Waals surface area contributed by atoms with Crippen LogP contribution in [0.25, 0.3) is 0 Å². The number of hydrogen-bond acceptors (Lipinski definition) is 3. The third-order valence-electron chi connectivity index (χ3n) is 4.65. The van der Waals surface area contributed by atoms with Crippen molar-refractivity contribution in [3.05, 3.63) is 34.4 Å². The van der Waals surface area contributed by atoms with Crippen LogP contribution in [0.4, 0.5) is 0 Å². The number of aliphatic hydroxyl groups excluding tert-OH is 1. The number of nitro groups is 1. The summed E-state index contributed by atoms with van der Waals surface area (Å²) in [6, 6.07) is 0. The van der Waals surface area contributed by atoms with Gasteiger partial charge in [-0.05, 0) is 30.8 Å². The summed E-state index contributed by atoms with van der Waals surface area (Å²) in [7, 11) is 0. The van der Waals surface area contributed by atoms with Gasteiger partial charge in [0.1, 0.15) is 0 Å². The molecule has 5 unspecified atom stereocenters. The van der Waals surface area contributed by atoms with Crippen molar-refractivity contribution in [1.29, 1.82) is 0 Å². The van der Waals surface area contributed by atoms with Gasteiger partial charge in [-0.3, -0.25) is 10.1 Å². The van der Waals surface area contributed by atoms with Gasteiger partial charge in [0.25, 0.3) is 5.54 Å². The van der Waals surface area contributed by atoms with Crippen molar-refractivity contribution in [2.45, 2.75) is 18.4 Å². The Hall–Kier alpha value is -1.16. The van der Waals surface area contributed by atoms with E-state index in [-0.39, 0.29) is 23.4 Å². The van der Waals surface area contributed by atoms with E-state index in [1.165, 1.54) is 0 Å². The lowest BCUT2D eigenvalue weighted by atomic mass is 9.55. The molecular formula is C12H15NO3. The average Bonchev–Trinajstić information content (AvgIpc) is 2.79. The second-order valence-electron chi connectivity index (χ2n) is 5.14. The molecule has 0 aromatic heterocycles. The van der Waals surface area contributed by atoms with Crippen LogP contribution in [0, 0.1) is 33.8 Å². The lowest BCUT2D eigenvalue weighted by Crippen LogP contribution is -2.59. The summed E-state index contributed by atoms with van der Waals surface area (Å²) in [5, 5.41) is 20.8. The minimum absolute atomic E-state index is 0.0107. The highest BCUT2D eigenvalue weighted by Crippen LogP contribution is 2.55. The zero-order chi connectivity index (χ0) is 11.3. The largest absolute Gasteiger partial charge is 0.396 e. The number of nitrogens with zero attached hydrogens (tertiary/aromatic N) is 1. The predicted molar refractivity (Wildman–Crippen MR) is 58.3 cm³/mol. The molecule has 86 valence electrons. The van der Waals surface area contributed by atoms with Gasteiger partial charge in [0.05, 0.1) is 18.4 Å². The van der Waals surface area contributed by atoms with Gasteiger partial charge in [-0.1, -0.05) is 18.2 Å². The fourth-order valence-corrected chi connectivity index (χ4v) is 3.87. The summed E-state index contributed by atoms with van der Waals surface area (Å²) < 4.78 is 0. The first-order valence-corrected chi connectivity index (χ1v) is 5.81. The first kappa shape index (κ1) is 10.0.